The Bertz CT molecular complexity index is 1620. The molecule has 1 fully saturated rings. The maximum atomic E-state index is 13.8. The minimum Gasteiger partial charge on any atom is -0.383 e. The Hall–Kier alpha value is -4.21. The predicted molar refractivity (Wildman–Crippen MR) is 149 cm³/mol. The lowest BCUT2D eigenvalue weighted by Crippen LogP contribution is -2.20. The first-order chi connectivity index (χ1) is 18.7. The number of hydrogen-bond acceptors (Lipinski definition) is 7. The zero-order valence-electron chi connectivity index (χ0n) is 22.0. The Morgan fingerprint density at radius 1 is 1.18 bits per heavy atom. The van der Waals surface area contributed by atoms with Gasteiger partial charge in [0, 0.05) is 23.2 Å². The largest absolute Gasteiger partial charge is 0.383 e. The summed E-state index contributed by atoms with van der Waals surface area (Å²) in [6.45, 7) is 6.39. The van der Waals surface area contributed by atoms with Crippen LogP contribution in [-0.4, -0.2) is 33.2 Å². The number of hydrogen-bond donors (Lipinski definition) is 2. The number of nitrogens with one attached hydrogen (secondary N) is 2. The molecule has 2 heterocycles. The first-order valence-corrected chi connectivity index (χ1v) is 13.1. The Labute approximate surface area is 231 Å². The van der Waals surface area contributed by atoms with Gasteiger partial charge < -0.3 is 10.6 Å². The summed E-state index contributed by atoms with van der Waals surface area (Å²) in [5.74, 6) is 0. The van der Waals surface area contributed by atoms with Crippen LogP contribution in [0, 0.1) is 28.1 Å². The number of alkyl halides is 1. The van der Waals surface area contributed by atoms with E-state index in [1.807, 2.05) is 18.2 Å². The molecule has 8 nitrogen and oxygen atoms in total. The Kier molecular flexibility index (Phi) is 6.88. The van der Waals surface area contributed by atoms with Crippen LogP contribution in [0.15, 0.2) is 48.8 Å². The van der Waals surface area contributed by atoms with Crippen LogP contribution in [0.4, 0.5) is 15.8 Å². The fourth-order valence-corrected chi connectivity index (χ4v) is 4.74. The number of benzene rings is 2. The van der Waals surface area contributed by atoms with Crippen molar-refractivity contribution in [1.29, 1.82) is 10.5 Å². The van der Waals surface area contributed by atoms with E-state index in [4.69, 9.17) is 11.6 Å². The molecule has 0 saturated heterocycles. The molecule has 198 valence electrons. The highest BCUT2D eigenvalue weighted by molar-refractivity contribution is 6.31. The van der Waals surface area contributed by atoms with Gasteiger partial charge in [0.05, 0.1) is 51.9 Å². The second kappa shape index (κ2) is 10.2. The molecule has 0 amide bonds. The standard InChI is InChI=1S/C29H28ClFN8/c1-28(2,3)17-35-25-19(13-33)14-34-26-21(25)10-18(12-32)11-23(26)36-27(20-6-4-5-7-22(20)30)24-15-39(38-37-24)29(16-31)8-9-29/h4-7,10-11,14-15,27,36H,8-9,16-17H2,1-3H3,(H,34,35)/t27-/m0/s1. The lowest BCUT2D eigenvalue weighted by Gasteiger charge is -2.23. The van der Waals surface area contributed by atoms with E-state index in [9.17, 15) is 14.9 Å². The number of pyridine rings is 1. The van der Waals surface area contributed by atoms with Gasteiger partial charge in [-0.25, -0.2) is 9.07 Å². The summed E-state index contributed by atoms with van der Waals surface area (Å²) in [5.41, 5.74) is 3.18. The molecule has 0 radical (unpaired) electrons. The van der Waals surface area contributed by atoms with Gasteiger partial charge in [-0.1, -0.05) is 55.8 Å². The quantitative estimate of drug-likeness (QED) is 0.267. The molecule has 10 heteroatoms. The van der Waals surface area contributed by atoms with Crippen molar-refractivity contribution in [1.82, 2.24) is 20.0 Å². The third-order valence-electron chi connectivity index (χ3n) is 6.90. The zero-order valence-corrected chi connectivity index (χ0v) is 22.7. The normalized spacial score (nSPS) is 14.8. The van der Waals surface area contributed by atoms with Crippen LogP contribution in [0.3, 0.4) is 0 Å². The summed E-state index contributed by atoms with van der Waals surface area (Å²) in [4.78, 5) is 4.60. The van der Waals surface area contributed by atoms with Crippen LogP contribution < -0.4 is 10.6 Å². The summed E-state index contributed by atoms with van der Waals surface area (Å²) in [6, 6.07) is 14.7. The molecule has 0 unspecified atom stereocenters. The molecule has 0 spiro atoms. The average molecular weight is 543 g/mol. The van der Waals surface area contributed by atoms with Crippen LogP contribution >= 0.6 is 11.6 Å². The number of nitrogens with zero attached hydrogens (tertiary/aromatic N) is 6. The van der Waals surface area contributed by atoms with Crippen LogP contribution in [0.2, 0.25) is 5.02 Å². The minimum absolute atomic E-state index is 0.0459. The van der Waals surface area contributed by atoms with Crippen molar-refractivity contribution in [3.05, 3.63) is 76.2 Å². The Balaban J connectivity index is 1.65. The lowest BCUT2D eigenvalue weighted by molar-refractivity contribution is 0.309. The summed E-state index contributed by atoms with van der Waals surface area (Å²) < 4.78 is 15.4. The number of fused-ring (bicyclic) bond motifs is 1. The molecule has 2 aromatic carbocycles. The minimum atomic E-state index is -0.632. The van der Waals surface area contributed by atoms with Crippen molar-refractivity contribution in [2.24, 2.45) is 5.41 Å². The molecule has 1 atom stereocenters. The average Bonchev–Trinajstić information content (AvgIpc) is 3.57. The van der Waals surface area contributed by atoms with E-state index in [1.165, 1.54) is 6.20 Å². The number of halogens is 2. The molecular weight excluding hydrogens is 515 g/mol. The number of aromatic nitrogens is 4. The van der Waals surface area contributed by atoms with Gasteiger partial charge in [-0.2, -0.15) is 10.5 Å². The van der Waals surface area contributed by atoms with E-state index < -0.39 is 18.3 Å². The van der Waals surface area contributed by atoms with Crippen LogP contribution in [-0.2, 0) is 5.54 Å². The highest BCUT2D eigenvalue weighted by Gasteiger charge is 2.46. The fraction of sp³-hybridized carbons (Fsp3) is 0.345. The number of anilines is 2. The molecule has 2 N–H and O–H groups in total. The molecule has 1 aliphatic rings. The molecule has 4 aromatic rings. The van der Waals surface area contributed by atoms with Gasteiger partial charge in [-0.3, -0.25) is 4.98 Å². The molecule has 0 bridgehead atoms. The van der Waals surface area contributed by atoms with Gasteiger partial charge in [0.2, 0.25) is 0 Å². The van der Waals surface area contributed by atoms with Crippen molar-refractivity contribution in [3.63, 3.8) is 0 Å². The second-order valence-corrected chi connectivity index (χ2v) is 11.6. The monoisotopic (exact) mass is 542 g/mol. The maximum Gasteiger partial charge on any atom is 0.115 e. The predicted octanol–water partition coefficient (Wildman–Crippen LogP) is 6.34. The van der Waals surface area contributed by atoms with Crippen LogP contribution in [0.25, 0.3) is 10.9 Å². The zero-order chi connectivity index (χ0) is 27.8. The molecule has 5 rings (SSSR count). The smallest absolute Gasteiger partial charge is 0.115 e. The Morgan fingerprint density at radius 3 is 2.59 bits per heavy atom. The first kappa shape index (κ1) is 26.4. The van der Waals surface area contributed by atoms with E-state index >= 15 is 0 Å². The second-order valence-electron chi connectivity index (χ2n) is 11.1. The molecule has 1 saturated carbocycles. The van der Waals surface area contributed by atoms with E-state index in [0.717, 1.165) is 5.56 Å². The summed E-state index contributed by atoms with van der Waals surface area (Å²) in [7, 11) is 0. The first-order valence-electron chi connectivity index (χ1n) is 12.7. The maximum absolute atomic E-state index is 13.8. The number of nitriles is 2. The van der Waals surface area contributed by atoms with Crippen LogP contribution in [0.5, 0.6) is 0 Å². The van der Waals surface area contributed by atoms with Gasteiger partial charge >= 0.3 is 0 Å². The third kappa shape index (κ3) is 5.23. The molecule has 1 aliphatic carbocycles. The number of rotatable bonds is 8. The van der Waals surface area contributed by atoms with Crippen molar-refractivity contribution < 1.29 is 4.39 Å². The lowest BCUT2D eigenvalue weighted by atomic mass is 9.96. The van der Waals surface area contributed by atoms with E-state index in [0.29, 0.717) is 63.5 Å². The van der Waals surface area contributed by atoms with E-state index in [1.54, 1.807) is 29.1 Å². The van der Waals surface area contributed by atoms with Gasteiger partial charge in [0.15, 0.2) is 0 Å². The summed E-state index contributed by atoms with van der Waals surface area (Å²) >= 11 is 6.63. The highest BCUT2D eigenvalue weighted by atomic mass is 35.5. The third-order valence-corrected chi connectivity index (χ3v) is 7.25. The van der Waals surface area contributed by atoms with Gasteiger partial charge in [0.25, 0.3) is 0 Å². The van der Waals surface area contributed by atoms with Crippen molar-refractivity contribution in [3.8, 4) is 12.1 Å². The van der Waals surface area contributed by atoms with E-state index in [-0.39, 0.29) is 5.41 Å². The van der Waals surface area contributed by atoms with Crippen molar-refractivity contribution in [2.45, 2.75) is 45.2 Å². The molecule has 0 aliphatic heterocycles. The fourth-order valence-electron chi connectivity index (χ4n) is 4.49. The molecular formula is C29H28ClFN8. The SMILES string of the molecule is CC(C)(C)CNc1c(C#N)cnc2c(N[C@H](c3cn(C4(CF)CC4)nn3)c3ccccc3Cl)cc(C#N)cc12. The summed E-state index contributed by atoms with van der Waals surface area (Å²) in [6.07, 6.45) is 4.70. The van der Waals surface area contributed by atoms with Gasteiger partial charge in [0.1, 0.15) is 18.4 Å². The topological polar surface area (TPSA) is 115 Å². The van der Waals surface area contributed by atoms with Crippen molar-refractivity contribution in [2.75, 3.05) is 23.9 Å². The highest BCUT2D eigenvalue weighted by Crippen LogP contribution is 2.44. The molecule has 39 heavy (non-hydrogen) atoms. The van der Waals surface area contributed by atoms with Crippen molar-refractivity contribution >= 4 is 33.9 Å². The van der Waals surface area contributed by atoms with Gasteiger partial charge in [-0.15, -0.1) is 5.10 Å². The Morgan fingerprint density at radius 2 is 1.95 bits per heavy atom. The van der Waals surface area contributed by atoms with Gasteiger partial charge in [-0.05, 0) is 42.0 Å². The summed E-state index contributed by atoms with van der Waals surface area (Å²) in [5, 5.41) is 36.4. The molecule has 2 aromatic heterocycles. The van der Waals surface area contributed by atoms with Crippen LogP contribution in [0.1, 0.15) is 62.0 Å². The van der Waals surface area contributed by atoms with E-state index in [2.05, 4.69) is 58.8 Å².